The maximum Gasteiger partial charge on any atom is 0 e. The second-order valence-corrected chi connectivity index (χ2v) is 3.25. The molecular formula is C10H22LrN-3. The summed E-state index contributed by atoms with van der Waals surface area (Å²) < 4.78 is 0. The van der Waals surface area contributed by atoms with E-state index in [1.54, 1.807) is 0 Å². The summed E-state index contributed by atoms with van der Waals surface area (Å²) in [5.74, 6) is 1.20. The normalized spacial score (nSPS) is 33.8. The standard InChI is InChI=1S/C8H16N.2CH3.Lr/c1-6-4-3-5-7(2)8(6)9;;;/h6-8H,1,3-5,9H2,2H3;2*1H3;/q3*-1;/t6?,7-,8+;;;/m1.../s1. The predicted octanol–water partition coefficient (Wildman–Crippen LogP) is 2.48. The van der Waals surface area contributed by atoms with Crippen LogP contribution in [0.3, 0.4) is 0 Å². The van der Waals surface area contributed by atoms with E-state index < -0.39 is 0 Å². The summed E-state index contributed by atoms with van der Waals surface area (Å²) in [6.07, 6.45) is 3.85. The molecule has 0 spiro atoms. The minimum atomic E-state index is 0. The molecule has 1 unspecified atom stereocenters. The molecule has 85 valence electrons. The Bertz CT molecular complexity index is 85.8. The summed E-state index contributed by atoms with van der Waals surface area (Å²) in [5.41, 5.74) is 5.86. The summed E-state index contributed by atoms with van der Waals surface area (Å²) in [6.45, 7) is 6.23. The number of hydrogen-bond acceptors (Lipinski definition) is 1. The zero-order valence-corrected chi connectivity index (χ0v) is 10.5. The molecule has 0 aromatic carbocycles. The molecule has 1 rings (SSSR count). The minimum absolute atomic E-state index is 0. The molecule has 0 bridgehead atoms. The van der Waals surface area contributed by atoms with Crippen LogP contribution in [0.1, 0.15) is 26.2 Å². The van der Waals surface area contributed by atoms with Crippen molar-refractivity contribution in [3.8, 4) is 0 Å². The average Bonchev–Trinajstić information content (AvgIpc) is 1.83. The number of hydrogen-bond donors (Lipinski definition) is 1. The van der Waals surface area contributed by atoms with Gasteiger partial charge >= 0.3 is 0 Å². The maximum atomic E-state index is 5.86. The fraction of sp³-hybridized carbons (Fsp3) is 0.700. The van der Waals surface area contributed by atoms with Crippen LogP contribution in [0.4, 0.5) is 0 Å². The molecule has 0 amide bonds. The van der Waals surface area contributed by atoms with Crippen LogP contribution in [-0.4, -0.2) is 6.04 Å². The molecule has 1 aliphatic rings. The third-order valence-corrected chi connectivity index (χ3v) is 2.44. The van der Waals surface area contributed by atoms with Gasteiger partial charge in [0.05, 0.1) is 0 Å². The quantitative estimate of drug-likeness (QED) is 0.602. The molecule has 1 radical (unpaired) electrons. The largest absolute Gasteiger partial charge is 0.358 e. The fourth-order valence-corrected chi connectivity index (χ4v) is 1.55. The summed E-state index contributed by atoms with van der Waals surface area (Å²) in [5, 5.41) is 0. The molecule has 0 aromatic heterocycles. The number of rotatable bonds is 0. The molecule has 3 atom stereocenters. The van der Waals surface area contributed by atoms with E-state index >= 15 is 0 Å². The Morgan fingerprint density at radius 3 is 2.08 bits per heavy atom. The van der Waals surface area contributed by atoms with Crippen LogP contribution < -0.4 is 5.73 Å². The zero-order chi connectivity index (χ0) is 6.85. The molecule has 0 aromatic rings. The molecule has 1 aliphatic carbocycles. The van der Waals surface area contributed by atoms with Crippen molar-refractivity contribution in [3.05, 3.63) is 21.8 Å². The van der Waals surface area contributed by atoms with Crippen LogP contribution in [0.2, 0.25) is 0 Å². The van der Waals surface area contributed by atoms with Crippen molar-refractivity contribution in [2.75, 3.05) is 0 Å². The second kappa shape index (κ2) is 6.66. The molecule has 2 heteroatoms. The third kappa shape index (κ3) is 3.38. The van der Waals surface area contributed by atoms with Crippen molar-refractivity contribution in [3.63, 3.8) is 0 Å². The van der Waals surface area contributed by atoms with Gasteiger partial charge in [0.1, 0.15) is 0 Å². The summed E-state index contributed by atoms with van der Waals surface area (Å²) >= 11 is 0. The summed E-state index contributed by atoms with van der Waals surface area (Å²) in [6, 6.07) is 0.360. The van der Waals surface area contributed by atoms with Crippen molar-refractivity contribution in [2.24, 2.45) is 17.6 Å². The van der Waals surface area contributed by atoms with Gasteiger partial charge in [-0.15, -0.1) is 0 Å². The van der Waals surface area contributed by atoms with Gasteiger partial charge in [0.25, 0.3) is 0 Å². The van der Waals surface area contributed by atoms with E-state index in [0.29, 0.717) is 17.9 Å². The maximum absolute atomic E-state index is 5.86. The van der Waals surface area contributed by atoms with Gasteiger partial charge in [0, 0.05) is 0 Å². The van der Waals surface area contributed by atoms with Gasteiger partial charge in [-0.2, -0.15) is 5.92 Å². The summed E-state index contributed by atoms with van der Waals surface area (Å²) in [7, 11) is 0. The van der Waals surface area contributed by atoms with Crippen molar-refractivity contribution >= 4 is 0 Å². The molecule has 1 fully saturated rings. The topological polar surface area (TPSA) is 26.0 Å². The molecule has 0 heterocycles. The van der Waals surface area contributed by atoms with Crippen LogP contribution >= 0.6 is 0 Å². The SMILES string of the molecule is [CH2-]C1CCC[C@@H](C)[C@H]1N.[CH3-].[CH3-].[Lr]. The molecule has 0 saturated heterocycles. The fourth-order valence-electron chi connectivity index (χ4n) is 1.55. The Morgan fingerprint density at radius 2 is 1.75 bits per heavy atom. The Labute approximate surface area is 72.4 Å². The van der Waals surface area contributed by atoms with Gasteiger partial charge in [-0.05, 0) is 18.4 Å². The Balaban J connectivity index is -0.000000270. The Kier molecular flexibility index (Phi) is 9.52. The van der Waals surface area contributed by atoms with E-state index in [0.717, 1.165) is 0 Å². The zero-order valence-electron chi connectivity index (χ0n) is 8.40. The van der Waals surface area contributed by atoms with Gasteiger partial charge in [-0.1, -0.05) is 19.8 Å². The van der Waals surface area contributed by atoms with Crippen molar-refractivity contribution in [1.82, 2.24) is 0 Å². The molecule has 2 N–H and O–H groups in total. The van der Waals surface area contributed by atoms with E-state index in [1.807, 2.05) is 0 Å². The van der Waals surface area contributed by atoms with Gasteiger partial charge in [-0.3, -0.25) is 0 Å². The third-order valence-electron chi connectivity index (χ3n) is 2.44. The van der Waals surface area contributed by atoms with Gasteiger partial charge in [-0.25, -0.2) is 0 Å². The van der Waals surface area contributed by atoms with Crippen LogP contribution in [0.25, 0.3) is 0 Å². The summed E-state index contributed by atoms with van der Waals surface area (Å²) in [4.78, 5) is 0. The molecule has 12 heavy (non-hydrogen) atoms. The van der Waals surface area contributed by atoms with Crippen LogP contribution in [0.5, 0.6) is 0 Å². The molecule has 0 aliphatic heterocycles. The first-order valence-electron chi connectivity index (χ1n) is 3.80. The smallest absolute Gasteiger partial charge is 0 e. The van der Waals surface area contributed by atoms with Crippen molar-refractivity contribution in [2.45, 2.75) is 32.2 Å². The van der Waals surface area contributed by atoms with Crippen LogP contribution in [0.15, 0.2) is 0 Å². The number of nitrogens with two attached hydrogens (primary N) is 1. The first kappa shape index (κ1) is 17.2. The first-order chi connectivity index (χ1) is 4.22. The van der Waals surface area contributed by atoms with Crippen LogP contribution in [0, 0.1) is 33.6 Å². The second-order valence-electron chi connectivity index (χ2n) is 3.25. The van der Waals surface area contributed by atoms with E-state index in [-0.39, 0.29) is 14.9 Å². The van der Waals surface area contributed by atoms with Gasteiger partial charge < -0.3 is 27.5 Å². The molecule has 1 saturated carbocycles. The van der Waals surface area contributed by atoms with Crippen LogP contribution in [-0.2, 0) is 0 Å². The monoisotopic (exact) mass is 418 g/mol. The van der Waals surface area contributed by atoms with E-state index in [4.69, 9.17) is 5.73 Å². The predicted molar refractivity (Wildman–Crippen MR) is 52.7 cm³/mol. The van der Waals surface area contributed by atoms with Gasteiger partial charge in [0.2, 0.25) is 0 Å². The van der Waals surface area contributed by atoms with Crippen molar-refractivity contribution in [1.29, 1.82) is 0 Å². The van der Waals surface area contributed by atoms with E-state index in [1.165, 1.54) is 19.3 Å². The molecule has 1 nitrogen and oxygen atoms in total. The van der Waals surface area contributed by atoms with E-state index in [9.17, 15) is 0 Å². The van der Waals surface area contributed by atoms with Crippen molar-refractivity contribution < 1.29 is 0 Å². The Morgan fingerprint density at radius 1 is 1.25 bits per heavy atom. The first-order valence-corrected chi connectivity index (χ1v) is 3.80. The van der Waals surface area contributed by atoms with Gasteiger partial charge in [0.15, 0.2) is 0 Å². The minimum Gasteiger partial charge on any atom is -0.358 e. The van der Waals surface area contributed by atoms with E-state index in [2.05, 4.69) is 13.8 Å². The molecular weight excluding hydrogens is 396 g/mol. The Hall–Kier alpha value is -1.04. The average molecular weight is 418 g/mol.